The summed E-state index contributed by atoms with van der Waals surface area (Å²) in [4.78, 5) is 10.6. The van der Waals surface area contributed by atoms with Crippen LogP contribution in [0.1, 0.15) is 39.0 Å². The minimum atomic E-state index is -0.745. The lowest BCUT2D eigenvalue weighted by Gasteiger charge is -2.07. The SMILES string of the molecule is CCCCCC1CC(C(=O)O)=CS1. The smallest absolute Gasteiger partial charge is 0.332 e. The van der Waals surface area contributed by atoms with Gasteiger partial charge in [0, 0.05) is 10.8 Å². The molecule has 1 rings (SSSR count). The molecule has 0 saturated heterocycles. The van der Waals surface area contributed by atoms with Crippen molar-refractivity contribution < 1.29 is 9.90 Å². The Morgan fingerprint density at radius 1 is 1.69 bits per heavy atom. The molecule has 3 heteroatoms. The fourth-order valence-electron chi connectivity index (χ4n) is 1.45. The first-order valence-electron chi connectivity index (χ1n) is 4.81. The van der Waals surface area contributed by atoms with Crippen LogP contribution >= 0.6 is 11.8 Å². The zero-order valence-corrected chi connectivity index (χ0v) is 8.77. The van der Waals surface area contributed by atoms with E-state index in [0.29, 0.717) is 10.8 Å². The molecular weight excluding hydrogens is 184 g/mol. The lowest BCUT2D eigenvalue weighted by molar-refractivity contribution is -0.132. The zero-order valence-electron chi connectivity index (χ0n) is 7.95. The Morgan fingerprint density at radius 3 is 3.00 bits per heavy atom. The van der Waals surface area contributed by atoms with Gasteiger partial charge in [0.25, 0.3) is 0 Å². The normalized spacial score (nSPS) is 21.6. The second kappa shape index (κ2) is 5.32. The Bertz CT molecular complexity index is 211. The highest BCUT2D eigenvalue weighted by Crippen LogP contribution is 2.33. The molecule has 0 spiro atoms. The highest BCUT2D eigenvalue weighted by atomic mass is 32.2. The number of rotatable bonds is 5. The number of unbranched alkanes of at least 4 members (excludes halogenated alkanes) is 2. The van der Waals surface area contributed by atoms with Crippen molar-refractivity contribution in [2.24, 2.45) is 0 Å². The third-order valence-corrected chi connectivity index (χ3v) is 3.46. The van der Waals surface area contributed by atoms with Crippen molar-refractivity contribution in [3.63, 3.8) is 0 Å². The van der Waals surface area contributed by atoms with Crippen LogP contribution in [-0.2, 0) is 4.79 Å². The van der Waals surface area contributed by atoms with E-state index < -0.39 is 5.97 Å². The van der Waals surface area contributed by atoms with Crippen molar-refractivity contribution in [2.75, 3.05) is 0 Å². The number of hydrogen-bond donors (Lipinski definition) is 1. The molecule has 0 aromatic heterocycles. The second-order valence-electron chi connectivity index (χ2n) is 3.41. The van der Waals surface area contributed by atoms with E-state index in [1.54, 1.807) is 17.2 Å². The lowest BCUT2D eigenvalue weighted by Crippen LogP contribution is -2.03. The summed E-state index contributed by atoms with van der Waals surface area (Å²) < 4.78 is 0. The van der Waals surface area contributed by atoms with Crippen LogP contribution in [-0.4, -0.2) is 16.3 Å². The summed E-state index contributed by atoms with van der Waals surface area (Å²) in [7, 11) is 0. The first-order valence-corrected chi connectivity index (χ1v) is 5.76. The van der Waals surface area contributed by atoms with Crippen molar-refractivity contribution in [2.45, 2.75) is 44.3 Å². The molecule has 0 fully saturated rings. The monoisotopic (exact) mass is 200 g/mol. The van der Waals surface area contributed by atoms with E-state index >= 15 is 0 Å². The van der Waals surface area contributed by atoms with Crippen molar-refractivity contribution in [1.82, 2.24) is 0 Å². The van der Waals surface area contributed by atoms with Gasteiger partial charge in [0.05, 0.1) is 0 Å². The van der Waals surface area contributed by atoms with Crippen LogP contribution in [0.25, 0.3) is 0 Å². The highest BCUT2D eigenvalue weighted by molar-refractivity contribution is 8.03. The molecule has 0 aromatic rings. The largest absolute Gasteiger partial charge is 0.478 e. The van der Waals surface area contributed by atoms with E-state index in [0.717, 1.165) is 12.8 Å². The van der Waals surface area contributed by atoms with Gasteiger partial charge in [-0.05, 0) is 18.2 Å². The van der Waals surface area contributed by atoms with E-state index in [-0.39, 0.29) is 0 Å². The van der Waals surface area contributed by atoms with Gasteiger partial charge in [-0.15, -0.1) is 11.8 Å². The average Bonchev–Trinajstić information content (AvgIpc) is 2.53. The van der Waals surface area contributed by atoms with Crippen LogP contribution in [0.5, 0.6) is 0 Å². The van der Waals surface area contributed by atoms with Gasteiger partial charge in [0.15, 0.2) is 0 Å². The minimum absolute atomic E-state index is 0.526. The molecule has 74 valence electrons. The predicted molar refractivity (Wildman–Crippen MR) is 55.9 cm³/mol. The van der Waals surface area contributed by atoms with E-state index in [1.807, 2.05) is 0 Å². The highest BCUT2D eigenvalue weighted by Gasteiger charge is 2.21. The minimum Gasteiger partial charge on any atom is -0.478 e. The summed E-state index contributed by atoms with van der Waals surface area (Å²) in [5, 5.41) is 11.1. The molecule has 0 radical (unpaired) electrons. The molecule has 1 atom stereocenters. The van der Waals surface area contributed by atoms with Gasteiger partial charge in [-0.1, -0.05) is 26.2 Å². The molecule has 1 unspecified atom stereocenters. The quantitative estimate of drug-likeness (QED) is 0.693. The fraction of sp³-hybridized carbons (Fsp3) is 0.700. The molecule has 0 saturated carbocycles. The van der Waals surface area contributed by atoms with E-state index in [2.05, 4.69) is 6.92 Å². The summed E-state index contributed by atoms with van der Waals surface area (Å²) in [5.41, 5.74) is 0.589. The van der Waals surface area contributed by atoms with Gasteiger partial charge in [-0.25, -0.2) is 4.79 Å². The summed E-state index contributed by atoms with van der Waals surface area (Å²) in [5.74, 6) is -0.745. The van der Waals surface area contributed by atoms with Crippen molar-refractivity contribution in [3.05, 3.63) is 11.0 Å². The van der Waals surface area contributed by atoms with Crippen LogP contribution in [0.4, 0.5) is 0 Å². The number of carbonyl (C=O) groups is 1. The maximum atomic E-state index is 10.6. The van der Waals surface area contributed by atoms with Crippen LogP contribution in [0.3, 0.4) is 0 Å². The van der Waals surface area contributed by atoms with Gasteiger partial charge < -0.3 is 5.11 Å². The predicted octanol–water partition coefficient (Wildman–Crippen LogP) is 3.04. The Morgan fingerprint density at radius 2 is 2.46 bits per heavy atom. The molecule has 1 aliphatic heterocycles. The van der Waals surface area contributed by atoms with Gasteiger partial charge in [0.2, 0.25) is 0 Å². The fourth-order valence-corrected chi connectivity index (χ4v) is 2.58. The Balaban J connectivity index is 2.18. The summed E-state index contributed by atoms with van der Waals surface area (Å²) in [6.07, 6.45) is 5.64. The van der Waals surface area contributed by atoms with Crippen molar-refractivity contribution in [1.29, 1.82) is 0 Å². The number of aliphatic carboxylic acids is 1. The number of hydrogen-bond acceptors (Lipinski definition) is 2. The topological polar surface area (TPSA) is 37.3 Å². The van der Waals surface area contributed by atoms with Crippen LogP contribution in [0.2, 0.25) is 0 Å². The summed E-state index contributed by atoms with van der Waals surface area (Å²) >= 11 is 1.69. The molecule has 2 nitrogen and oxygen atoms in total. The molecule has 1 N–H and O–H groups in total. The summed E-state index contributed by atoms with van der Waals surface area (Å²) in [6, 6.07) is 0. The molecule has 0 aliphatic carbocycles. The molecule has 1 heterocycles. The maximum absolute atomic E-state index is 10.6. The van der Waals surface area contributed by atoms with Crippen LogP contribution < -0.4 is 0 Å². The number of carboxylic acids is 1. The molecule has 0 amide bonds. The van der Waals surface area contributed by atoms with Gasteiger partial charge in [-0.2, -0.15) is 0 Å². The zero-order chi connectivity index (χ0) is 9.68. The Labute approximate surface area is 83.4 Å². The maximum Gasteiger partial charge on any atom is 0.332 e. The molecule has 1 aliphatic rings. The third kappa shape index (κ3) is 3.43. The summed E-state index contributed by atoms with van der Waals surface area (Å²) in [6.45, 7) is 2.18. The number of carboxylic acid groups (broad SMARTS) is 1. The van der Waals surface area contributed by atoms with Gasteiger partial charge in [-0.3, -0.25) is 0 Å². The number of thioether (sulfide) groups is 1. The third-order valence-electron chi connectivity index (χ3n) is 2.25. The van der Waals surface area contributed by atoms with Crippen LogP contribution in [0.15, 0.2) is 11.0 Å². The van der Waals surface area contributed by atoms with Gasteiger partial charge >= 0.3 is 5.97 Å². The Kier molecular flexibility index (Phi) is 4.36. The van der Waals surface area contributed by atoms with Gasteiger partial charge in [0.1, 0.15) is 0 Å². The Hall–Kier alpha value is -0.440. The lowest BCUT2D eigenvalue weighted by atomic mass is 10.1. The molecular formula is C10H16O2S. The van der Waals surface area contributed by atoms with Crippen molar-refractivity contribution >= 4 is 17.7 Å². The molecule has 0 aromatic carbocycles. The van der Waals surface area contributed by atoms with E-state index in [1.165, 1.54) is 19.3 Å². The van der Waals surface area contributed by atoms with E-state index in [9.17, 15) is 4.79 Å². The molecule has 0 bridgehead atoms. The second-order valence-corrected chi connectivity index (χ2v) is 4.58. The van der Waals surface area contributed by atoms with Crippen molar-refractivity contribution in [3.8, 4) is 0 Å². The van der Waals surface area contributed by atoms with Crippen LogP contribution in [0, 0.1) is 0 Å². The average molecular weight is 200 g/mol. The molecule has 13 heavy (non-hydrogen) atoms. The van der Waals surface area contributed by atoms with E-state index in [4.69, 9.17) is 5.11 Å². The first kappa shape index (κ1) is 10.6. The first-order chi connectivity index (χ1) is 6.24. The standard InChI is InChI=1S/C10H16O2S/c1-2-3-4-5-9-6-8(7-13-9)10(11)12/h7,9H,2-6H2,1H3,(H,11,12).